The lowest BCUT2D eigenvalue weighted by molar-refractivity contribution is 0.0602. The Morgan fingerprint density at radius 3 is 3.16 bits per heavy atom. The number of hydrogen-bond donors (Lipinski definition) is 1. The van der Waals surface area contributed by atoms with Gasteiger partial charge in [0.1, 0.15) is 5.56 Å². The van der Waals surface area contributed by atoms with Crippen LogP contribution in [0.2, 0.25) is 0 Å². The summed E-state index contributed by atoms with van der Waals surface area (Å²) in [5.41, 5.74) is 2.17. The zero-order valence-corrected chi connectivity index (χ0v) is 10.9. The summed E-state index contributed by atoms with van der Waals surface area (Å²) >= 11 is 0. The molecule has 0 spiro atoms. The Hall–Kier alpha value is -1.88. The molecule has 3 rings (SSSR count). The lowest BCUT2D eigenvalue weighted by Crippen LogP contribution is -2.26. The summed E-state index contributed by atoms with van der Waals surface area (Å²) in [6.07, 6.45) is 7.43. The Labute approximate surface area is 111 Å². The predicted molar refractivity (Wildman–Crippen MR) is 71.1 cm³/mol. The number of ether oxygens (including phenoxy) is 1. The van der Waals surface area contributed by atoms with Crippen molar-refractivity contribution in [3.05, 3.63) is 35.8 Å². The van der Waals surface area contributed by atoms with Gasteiger partial charge >= 0.3 is 5.97 Å². The van der Waals surface area contributed by atoms with Gasteiger partial charge in [-0.05, 0) is 31.5 Å². The van der Waals surface area contributed by atoms with E-state index in [4.69, 9.17) is 4.74 Å². The molecule has 1 unspecified atom stereocenters. The Kier molecular flexibility index (Phi) is 3.21. The molecule has 19 heavy (non-hydrogen) atoms. The minimum absolute atomic E-state index is 0.291. The van der Waals surface area contributed by atoms with E-state index in [1.54, 1.807) is 6.07 Å². The van der Waals surface area contributed by atoms with E-state index in [9.17, 15) is 4.79 Å². The number of carbonyl (C=O) groups excluding carboxylic acids is 1. The van der Waals surface area contributed by atoms with E-state index >= 15 is 0 Å². The molecule has 2 aromatic rings. The quantitative estimate of drug-likeness (QED) is 0.837. The molecule has 0 aromatic carbocycles. The number of esters is 1. The number of fused-ring (bicyclic) bond motifs is 1. The number of pyridine rings is 1. The average Bonchev–Trinajstić information content (AvgIpc) is 2.91. The number of imidazole rings is 1. The Morgan fingerprint density at radius 2 is 2.42 bits per heavy atom. The van der Waals surface area contributed by atoms with Crippen LogP contribution in [0.5, 0.6) is 0 Å². The molecule has 1 N–H and O–H groups in total. The van der Waals surface area contributed by atoms with Gasteiger partial charge in [0.15, 0.2) is 5.65 Å². The molecule has 0 amide bonds. The highest BCUT2D eigenvalue weighted by molar-refractivity contribution is 5.95. The average molecular weight is 259 g/mol. The van der Waals surface area contributed by atoms with Gasteiger partial charge in [-0.15, -0.1) is 0 Å². The SMILES string of the molecule is COC(=O)c1cccn2cc(C3CCCCN3)nc12. The third kappa shape index (κ3) is 2.21. The van der Waals surface area contributed by atoms with Crippen molar-refractivity contribution in [2.45, 2.75) is 25.3 Å². The molecule has 5 nitrogen and oxygen atoms in total. The zero-order valence-electron chi connectivity index (χ0n) is 10.9. The molecule has 5 heteroatoms. The molecule has 0 aliphatic carbocycles. The maximum absolute atomic E-state index is 11.7. The smallest absolute Gasteiger partial charge is 0.341 e. The van der Waals surface area contributed by atoms with Gasteiger partial charge < -0.3 is 14.5 Å². The lowest BCUT2D eigenvalue weighted by Gasteiger charge is -2.21. The van der Waals surface area contributed by atoms with Crippen molar-refractivity contribution in [1.82, 2.24) is 14.7 Å². The highest BCUT2D eigenvalue weighted by Gasteiger charge is 2.20. The second-order valence-corrected chi connectivity index (χ2v) is 4.81. The zero-order chi connectivity index (χ0) is 13.2. The van der Waals surface area contributed by atoms with Crippen molar-refractivity contribution in [1.29, 1.82) is 0 Å². The summed E-state index contributed by atoms with van der Waals surface area (Å²) in [7, 11) is 1.39. The highest BCUT2D eigenvalue weighted by atomic mass is 16.5. The maximum atomic E-state index is 11.7. The van der Waals surface area contributed by atoms with Gasteiger partial charge in [-0.25, -0.2) is 9.78 Å². The highest BCUT2D eigenvalue weighted by Crippen LogP contribution is 2.23. The number of piperidine rings is 1. The van der Waals surface area contributed by atoms with Crippen LogP contribution in [0, 0.1) is 0 Å². The molecule has 0 radical (unpaired) electrons. The summed E-state index contributed by atoms with van der Waals surface area (Å²) in [4.78, 5) is 16.3. The summed E-state index contributed by atoms with van der Waals surface area (Å²) in [6.45, 7) is 1.03. The van der Waals surface area contributed by atoms with Gasteiger partial charge in [-0.3, -0.25) is 0 Å². The molecule has 1 aliphatic rings. The molecular formula is C14H17N3O2. The first-order valence-electron chi connectivity index (χ1n) is 6.59. The van der Waals surface area contributed by atoms with Gasteiger partial charge in [0, 0.05) is 12.4 Å². The van der Waals surface area contributed by atoms with Crippen LogP contribution in [-0.4, -0.2) is 29.0 Å². The predicted octanol–water partition coefficient (Wildman–Crippen LogP) is 1.94. The second-order valence-electron chi connectivity index (χ2n) is 4.81. The normalized spacial score (nSPS) is 19.5. The van der Waals surface area contributed by atoms with Crippen LogP contribution in [-0.2, 0) is 4.74 Å². The van der Waals surface area contributed by atoms with Gasteiger partial charge in [0.25, 0.3) is 0 Å². The van der Waals surface area contributed by atoms with Crippen molar-refractivity contribution < 1.29 is 9.53 Å². The third-order valence-electron chi connectivity index (χ3n) is 3.57. The lowest BCUT2D eigenvalue weighted by atomic mass is 10.0. The van der Waals surface area contributed by atoms with Gasteiger partial charge in [0.05, 0.1) is 18.8 Å². The number of methoxy groups -OCH3 is 1. The second kappa shape index (κ2) is 5.01. The van der Waals surface area contributed by atoms with Crippen LogP contribution in [0.15, 0.2) is 24.5 Å². The van der Waals surface area contributed by atoms with Crippen molar-refractivity contribution in [2.24, 2.45) is 0 Å². The summed E-state index contributed by atoms with van der Waals surface area (Å²) in [5, 5.41) is 3.47. The van der Waals surface area contributed by atoms with E-state index in [2.05, 4.69) is 10.3 Å². The van der Waals surface area contributed by atoms with Crippen LogP contribution >= 0.6 is 0 Å². The molecular weight excluding hydrogens is 242 g/mol. The molecule has 1 aliphatic heterocycles. The van der Waals surface area contributed by atoms with E-state index in [1.165, 1.54) is 20.0 Å². The fourth-order valence-electron chi connectivity index (χ4n) is 2.57. The molecule has 0 saturated carbocycles. The summed E-state index contributed by atoms with van der Waals surface area (Å²) in [6, 6.07) is 3.87. The van der Waals surface area contributed by atoms with Crippen molar-refractivity contribution >= 4 is 11.6 Å². The molecule has 2 aromatic heterocycles. The van der Waals surface area contributed by atoms with E-state index < -0.39 is 0 Å². The van der Waals surface area contributed by atoms with E-state index in [0.717, 1.165) is 18.7 Å². The number of rotatable bonds is 2. The van der Waals surface area contributed by atoms with Crippen LogP contribution < -0.4 is 5.32 Å². The van der Waals surface area contributed by atoms with Gasteiger partial charge in [-0.1, -0.05) is 6.42 Å². The van der Waals surface area contributed by atoms with Crippen LogP contribution in [0.25, 0.3) is 5.65 Å². The molecule has 3 heterocycles. The first kappa shape index (κ1) is 12.2. The number of nitrogens with zero attached hydrogens (tertiary/aromatic N) is 2. The molecule has 1 fully saturated rings. The molecule has 1 saturated heterocycles. The van der Waals surface area contributed by atoms with Crippen LogP contribution in [0.4, 0.5) is 0 Å². The largest absolute Gasteiger partial charge is 0.465 e. The summed E-state index contributed by atoms with van der Waals surface area (Å²) < 4.78 is 6.68. The fraction of sp³-hybridized carbons (Fsp3) is 0.429. The Balaban J connectivity index is 2.02. The third-order valence-corrected chi connectivity index (χ3v) is 3.57. The number of carbonyl (C=O) groups is 1. The first-order valence-corrected chi connectivity index (χ1v) is 6.59. The van der Waals surface area contributed by atoms with E-state index in [1.807, 2.05) is 22.9 Å². The first-order chi connectivity index (χ1) is 9.29. The molecule has 1 atom stereocenters. The Morgan fingerprint density at radius 1 is 1.53 bits per heavy atom. The van der Waals surface area contributed by atoms with Crippen LogP contribution in [0.3, 0.4) is 0 Å². The van der Waals surface area contributed by atoms with Crippen molar-refractivity contribution in [3.63, 3.8) is 0 Å². The van der Waals surface area contributed by atoms with E-state index in [0.29, 0.717) is 17.3 Å². The van der Waals surface area contributed by atoms with E-state index in [-0.39, 0.29) is 5.97 Å². The number of hydrogen-bond acceptors (Lipinski definition) is 4. The topological polar surface area (TPSA) is 55.6 Å². The standard InChI is InChI=1S/C14H17N3O2/c1-19-14(18)10-5-4-8-17-9-12(16-13(10)17)11-6-2-3-7-15-11/h4-5,8-9,11,15H,2-3,6-7H2,1H3. The Bertz CT molecular complexity index is 600. The fourth-order valence-corrected chi connectivity index (χ4v) is 2.57. The minimum atomic E-state index is -0.348. The van der Waals surface area contributed by atoms with Crippen molar-refractivity contribution in [3.8, 4) is 0 Å². The number of aromatic nitrogens is 2. The van der Waals surface area contributed by atoms with Crippen molar-refractivity contribution in [2.75, 3.05) is 13.7 Å². The molecule has 0 bridgehead atoms. The van der Waals surface area contributed by atoms with Crippen LogP contribution in [0.1, 0.15) is 41.4 Å². The summed E-state index contributed by atoms with van der Waals surface area (Å²) in [5.74, 6) is -0.348. The van der Waals surface area contributed by atoms with Gasteiger partial charge in [0.2, 0.25) is 0 Å². The molecule has 100 valence electrons. The maximum Gasteiger partial charge on any atom is 0.341 e. The number of nitrogens with one attached hydrogen (secondary N) is 1. The minimum Gasteiger partial charge on any atom is -0.465 e. The monoisotopic (exact) mass is 259 g/mol. The van der Waals surface area contributed by atoms with Gasteiger partial charge in [-0.2, -0.15) is 0 Å².